The molecule has 2 N–H and O–H groups in total. The molecule has 2 rings (SSSR count). The standard InChI is InChI=1S/C17H21NO/c1-12-4-5-13(2)17(14(12)3)19-11-10-15-6-8-16(18)9-7-15/h4-9H,10-11,18H2,1-3H3. The lowest BCUT2D eigenvalue weighted by molar-refractivity contribution is 0.317. The van der Waals surface area contributed by atoms with Crippen molar-refractivity contribution in [2.75, 3.05) is 12.3 Å². The summed E-state index contributed by atoms with van der Waals surface area (Å²) in [6.45, 7) is 7.00. The van der Waals surface area contributed by atoms with Crippen LogP contribution in [-0.2, 0) is 6.42 Å². The Kier molecular flexibility index (Phi) is 4.10. The van der Waals surface area contributed by atoms with E-state index in [1.165, 1.54) is 22.3 Å². The van der Waals surface area contributed by atoms with Crippen LogP contribution in [0, 0.1) is 20.8 Å². The summed E-state index contributed by atoms with van der Waals surface area (Å²) < 4.78 is 5.95. The molecule has 2 nitrogen and oxygen atoms in total. The van der Waals surface area contributed by atoms with E-state index in [4.69, 9.17) is 10.5 Å². The molecular formula is C17H21NO. The van der Waals surface area contributed by atoms with Gasteiger partial charge in [-0.3, -0.25) is 0 Å². The zero-order valence-electron chi connectivity index (χ0n) is 11.9. The lowest BCUT2D eigenvalue weighted by Gasteiger charge is -2.14. The molecule has 0 radical (unpaired) electrons. The molecule has 0 aliphatic rings. The second-order valence-electron chi connectivity index (χ2n) is 4.99. The number of hydrogen-bond acceptors (Lipinski definition) is 2. The molecule has 0 unspecified atom stereocenters. The molecule has 2 heteroatoms. The van der Waals surface area contributed by atoms with E-state index in [-0.39, 0.29) is 0 Å². The van der Waals surface area contributed by atoms with Crippen LogP contribution >= 0.6 is 0 Å². The van der Waals surface area contributed by atoms with Gasteiger partial charge in [-0.25, -0.2) is 0 Å². The van der Waals surface area contributed by atoms with E-state index in [1.54, 1.807) is 0 Å². The van der Waals surface area contributed by atoms with Crippen LogP contribution < -0.4 is 10.5 Å². The van der Waals surface area contributed by atoms with Crippen LogP contribution in [0.1, 0.15) is 22.3 Å². The van der Waals surface area contributed by atoms with Gasteiger partial charge in [-0.15, -0.1) is 0 Å². The molecule has 2 aromatic carbocycles. The van der Waals surface area contributed by atoms with Crippen molar-refractivity contribution in [3.63, 3.8) is 0 Å². The summed E-state index contributed by atoms with van der Waals surface area (Å²) in [4.78, 5) is 0. The van der Waals surface area contributed by atoms with E-state index in [0.717, 1.165) is 17.9 Å². The molecule has 2 aromatic rings. The summed E-state index contributed by atoms with van der Waals surface area (Å²) in [5.41, 5.74) is 11.4. The van der Waals surface area contributed by atoms with Gasteiger partial charge in [0.2, 0.25) is 0 Å². The maximum atomic E-state index is 5.95. The van der Waals surface area contributed by atoms with E-state index in [1.807, 2.05) is 12.1 Å². The first-order valence-electron chi connectivity index (χ1n) is 6.62. The molecule has 0 aliphatic carbocycles. The van der Waals surface area contributed by atoms with Crippen molar-refractivity contribution in [1.82, 2.24) is 0 Å². The molecule has 19 heavy (non-hydrogen) atoms. The van der Waals surface area contributed by atoms with Crippen molar-refractivity contribution >= 4 is 5.69 Å². The van der Waals surface area contributed by atoms with Crippen LogP contribution in [0.2, 0.25) is 0 Å². The fourth-order valence-corrected chi connectivity index (χ4v) is 2.10. The minimum Gasteiger partial charge on any atom is -0.493 e. The Labute approximate surface area is 115 Å². The Morgan fingerprint density at radius 2 is 1.53 bits per heavy atom. The number of nitrogen functional groups attached to an aromatic ring is 1. The fraction of sp³-hybridized carbons (Fsp3) is 0.294. The number of rotatable bonds is 4. The Bertz CT molecular complexity index is 558. The van der Waals surface area contributed by atoms with E-state index >= 15 is 0 Å². The maximum absolute atomic E-state index is 5.95. The molecule has 0 heterocycles. The highest BCUT2D eigenvalue weighted by Gasteiger charge is 2.06. The summed E-state index contributed by atoms with van der Waals surface area (Å²) in [6, 6.07) is 12.2. The summed E-state index contributed by atoms with van der Waals surface area (Å²) in [5.74, 6) is 1.02. The molecule has 0 aliphatic heterocycles. The number of anilines is 1. The molecule has 0 aromatic heterocycles. The molecule has 100 valence electrons. The van der Waals surface area contributed by atoms with Crippen LogP contribution in [-0.4, -0.2) is 6.61 Å². The summed E-state index contributed by atoms with van der Waals surface area (Å²) >= 11 is 0. The Hall–Kier alpha value is -1.96. The topological polar surface area (TPSA) is 35.2 Å². The van der Waals surface area contributed by atoms with Crippen molar-refractivity contribution in [2.45, 2.75) is 27.2 Å². The van der Waals surface area contributed by atoms with Crippen molar-refractivity contribution in [3.05, 3.63) is 58.7 Å². The Morgan fingerprint density at radius 3 is 2.21 bits per heavy atom. The van der Waals surface area contributed by atoms with Crippen molar-refractivity contribution in [2.24, 2.45) is 0 Å². The third-order valence-electron chi connectivity index (χ3n) is 3.49. The largest absolute Gasteiger partial charge is 0.493 e. The zero-order valence-corrected chi connectivity index (χ0v) is 11.9. The van der Waals surface area contributed by atoms with Gasteiger partial charge >= 0.3 is 0 Å². The first kappa shape index (κ1) is 13.5. The molecule has 0 atom stereocenters. The quantitative estimate of drug-likeness (QED) is 0.843. The number of benzene rings is 2. The van der Waals surface area contributed by atoms with Crippen molar-refractivity contribution in [3.8, 4) is 5.75 Å². The predicted octanol–water partition coefficient (Wildman–Crippen LogP) is 3.82. The normalized spacial score (nSPS) is 10.5. The minimum absolute atomic E-state index is 0.690. The van der Waals surface area contributed by atoms with E-state index in [9.17, 15) is 0 Å². The summed E-state index contributed by atoms with van der Waals surface area (Å²) in [5, 5.41) is 0. The Balaban J connectivity index is 2.00. The van der Waals surface area contributed by atoms with Crippen LogP contribution in [0.5, 0.6) is 5.75 Å². The lowest BCUT2D eigenvalue weighted by Crippen LogP contribution is -2.04. The Morgan fingerprint density at radius 1 is 0.895 bits per heavy atom. The average molecular weight is 255 g/mol. The number of nitrogens with two attached hydrogens (primary N) is 1. The average Bonchev–Trinajstić information content (AvgIpc) is 2.40. The van der Waals surface area contributed by atoms with Crippen molar-refractivity contribution < 1.29 is 4.74 Å². The van der Waals surface area contributed by atoms with Gasteiger partial charge in [-0.2, -0.15) is 0 Å². The van der Waals surface area contributed by atoms with Gasteiger partial charge in [0.15, 0.2) is 0 Å². The highest BCUT2D eigenvalue weighted by molar-refractivity contribution is 5.44. The number of hydrogen-bond donors (Lipinski definition) is 1. The van der Waals surface area contributed by atoms with Crippen LogP contribution in [0.25, 0.3) is 0 Å². The second-order valence-corrected chi connectivity index (χ2v) is 4.99. The third kappa shape index (κ3) is 3.28. The number of ether oxygens (including phenoxy) is 1. The summed E-state index contributed by atoms with van der Waals surface area (Å²) in [6.07, 6.45) is 0.896. The monoisotopic (exact) mass is 255 g/mol. The number of aryl methyl sites for hydroxylation is 2. The van der Waals surface area contributed by atoms with Gasteiger partial charge < -0.3 is 10.5 Å². The van der Waals surface area contributed by atoms with Gasteiger partial charge in [0.1, 0.15) is 5.75 Å². The molecule has 0 saturated heterocycles. The minimum atomic E-state index is 0.690. The van der Waals surface area contributed by atoms with Gasteiger partial charge in [-0.05, 0) is 55.2 Å². The zero-order chi connectivity index (χ0) is 13.8. The third-order valence-corrected chi connectivity index (χ3v) is 3.49. The SMILES string of the molecule is Cc1ccc(C)c(OCCc2ccc(N)cc2)c1C. The molecule has 0 amide bonds. The second kappa shape index (κ2) is 5.79. The van der Waals surface area contributed by atoms with Gasteiger partial charge in [0.05, 0.1) is 6.61 Å². The fourth-order valence-electron chi connectivity index (χ4n) is 2.10. The molecule has 0 spiro atoms. The van der Waals surface area contributed by atoms with E-state index < -0.39 is 0 Å². The molecular weight excluding hydrogens is 234 g/mol. The van der Waals surface area contributed by atoms with Gasteiger partial charge in [0.25, 0.3) is 0 Å². The first-order chi connectivity index (χ1) is 9.08. The van der Waals surface area contributed by atoms with Gasteiger partial charge in [0, 0.05) is 12.1 Å². The van der Waals surface area contributed by atoms with Crippen molar-refractivity contribution in [1.29, 1.82) is 0 Å². The molecule has 0 saturated carbocycles. The smallest absolute Gasteiger partial charge is 0.125 e. The van der Waals surface area contributed by atoms with Crippen LogP contribution in [0.15, 0.2) is 36.4 Å². The first-order valence-corrected chi connectivity index (χ1v) is 6.62. The highest BCUT2D eigenvalue weighted by atomic mass is 16.5. The molecule has 0 fully saturated rings. The highest BCUT2D eigenvalue weighted by Crippen LogP contribution is 2.25. The maximum Gasteiger partial charge on any atom is 0.125 e. The van der Waals surface area contributed by atoms with Gasteiger partial charge in [-0.1, -0.05) is 24.3 Å². The van der Waals surface area contributed by atoms with E-state index in [0.29, 0.717) is 6.61 Å². The summed E-state index contributed by atoms with van der Waals surface area (Å²) in [7, 11) is 0. The molecule has 0 bridgehead atoms. The van der Waals surface area contributed by atoms with E-state index in [2.05, 4.69) is 45.0 Å². The lowest BCUT2D eigenvalue weighted by atomic mass is 10.1. The van der Waals surface area contributed by atoms with Crippen LogP contribution in [0.3, 0.4) is 0 Å². The predicted molar refractivity (Wildman–Crippen MR) is 80.7 cm³/mol. The van der Waals surface area contributed by atoms with Crippen LogP contribution in [0.4, 0.5) is 5.69 Å².